The van der Waals surface area contributed by atoms with E-state index in [0.717, 1.165) is 12.1 Å². The van der Waals surface area contributed by atoms with E-state index < -0.39 is 11.9 Å². The van der Waals surface area contributed by atoms with Crippen molar-refractivity contribution in [2.45, 2.75) is 20.3 Å². The van der Waals surface area contributed by atoms with Gasteiger partial charge >= 0.3 is 11.9 Å². The molecular weight excluding hydrogens is 262 g/mol. The van der Waals surface area contributed by atoms with Gasteiger partial charge in [0.1, 0.15) is 24.7 Å². The molecule has 1 aromatic heterocycles. The van der Waals surface area contributed by atoms with Gasteiger partial charge in [-0.1, -0.05) is 6.92 Å². The van der Waals surface area contributed by atoms with Gasteiger partial charge in [0, 0.05) is 11.8 Å². The molecule has 0 aromatic carbocycles. The van der Waals surface area contributed by atoms with Crippen LogP contribution in [0.1, 0.15) is 18.4 Å². The molecule has 7 nitrogen and oxygen atoms in total. The maximum absolute atomic E-state index is 11.4. The van der Waals surface area contributed by atoms with Crippen molar-refractivity contribution in [2.24, 2.45) is 0 Å². The molecule has 0 bridgehead atoms. The van der Waals surface area contributed by atoms with Crippen LogP contribution in [0.5, 0.6) is 0 Å². The molecule has 1 aromatic rings. The van der Waals surface area contributed by atoms with Crippen molar-refractivity contribution in [3.05, 3.63) is 17.6 Å². The summed E-state index contributed by atoms with van der Waals surface area (Å²) in [4.78, 5) is 32.9. The minimum Gasteiger partial charge on any atom is -0.468 e. The fourth-order valence-electron chi connectivity index (χ4n) is 1.61. The SMILES string of the molecule is CCc1cc(N(CC(=O)OC)CC(=O)OC)nc(C)n1. The van der Waals surface area contributed by atoms with Crippen LogP contribution in [0.15, 0.2) is 6.07 Å². The Hall–Kier alpha value is -2.18. The largest absolute Gasteiger partial charge is 0.468 e. The second-order valence-electron chi connectivity index (χ2n) is 4.13. The third-order valence-electron chi connectivity index (χ3n) is 2.66. The topological polar surface area (TPSA) is 81.6 Å². The van der Waals surface area contributed by atoms with Crippen molar-refractivity contribution >= 4 is 17.8 Å². The molecule has 0 fully saturated rings. The second-order valence-corrected chi connectivity index (χ2v) is 4.13. The van der Waals surface area contributed by atoms with Crippen molar-refractivity contribution < 1.29 is 19.1 Å². The molecule has 0 radical (unpaired) electrons. The summed E-state index contributed by atoms with van der Waals surface area (Å²) in [6.07, 6.45) is 0.737. The number of carbonyl (C=O) groups is 2. The maximum Gasteiger partial charge on any atom is 0.325 e. The molecule has 0 amide bonds. The lowest BCUT2D eigenvalue weighted by Gasteiger charge is -2.21. The fraction of sp³-hybridized carbons (Fsp3) is 0.538. The highest BCUT2D eigenvalue weighted by Crippen LogP contribution is 2.13. The Balaban J connectivity index is 3.04. The standard InChI is InChI=1S/C13H19N3O4/c1-5-10-6-11(15-9(2)14-10)16(7-12(17)19-3)8-13(18)20-4/h6H,5,7-8H2,1-4H3. The van der Waals surface area contributed by atoms with Crippen LogP contribution in [0.3, 0.4) is 0 Å². The number of anilines is 1. The Morgan fingerprint density at radius 2 is 1.70 bits per heavy atom. The minimum absolute atomic E-state index is 0.0782. The van der Waals surface area contributed by atoms with E-state index in [2.05, 4.69) is 19.4 Å². The third kappa shape index (κ3) is 4.49. The van der Waals surface area contributed by atoms with Crippen LogP contribution < -0.4 is 4.90 Å². The molecule has 110 valence electrons. The van der Waals surface area contributed by atoms with Gasteiger partial charge in [0.2, 0.25) is 0 Å². The lowest BCUT2D eigenvalue weighted by molar-refractivity contribution is -0.140. The van der Waals surface area contributed by atoms with Crippen molar-refractivity contribution in [3.8, 4) is 0 Å². The Kier molecular flexibility index (Phi) is 5.89. The van der Waals surface area contributed by atoms with Crippen molar-refractivity contribution in [1.29, 1.82) is 0 Å². The lowest BCUT2D eigenvalue weighted by Crippen LogP contribution is -2.36. The van der Waals surface area contributed by atoms with E-state index in [1.54, 1.807) is 13.0 Å². The number of carbonyl (C=O) groups excluding carboxylic acids is 2. The Morgan fingerprint density at radius 3 is 2.15 bits per heavy atom. The summed E-state index contributed by atoms with van der Waals surface area (Å²) >= 11 is 0. The number of esters is 2. The maximum atomic E-state index is 11.4. The van der Waals surface area contributed by atoms with Crippen LogP contribution in [0.2, 0.25) is 0 Å². The summed E-state index contributed by atoms with van der Waals surface area (Å²) in [7, 11) is 2.59. The molecule has 0 saturated carbocycles. The molecule has 0 saturated heterocycles. The molecule has 0 aliphatic carbocycles. The average Bonchev–Trinajstić information content (AvgIpc) is 2.45. The first-order valence-corrected chi connectivity index (χ1v) is 6.23. The van der Waals surface area contributed by atoms with Gasteiger partial charge < -0.3 is 14.4 Å². The first-order valence-electron chi connectivity index (χ1n) is 6.23. The van der Waals surface area contributed by atoms with E-state index in [-0.39, 0.29) is 13.1 Å². The molecular formula is C13H19N3O4. The molecule has 0 unspecified atom stereocenters. The molecule has 0 atom stereocenters. The number of methoxy groups -OCH3 is 2. The Labute approximate surface area is 117 Å². The minimum atomic E-state index is -0.455. The zero-order valence-corrected chi connectivity index (χ0v) is 12.2. The summed E-state index contributed by atoms with van der Waals surface area (Å²) in [6, 6.07) is 1.75. The van der Waals surface area contributed by atoms with Gasteiger partial charge in [0.15, 0.2) is 0 Å². The molecule has 0 spiro atoms. The molecule has 1 rings (SSSR count). The van der Waals surface area contributed by atoms with E-state index in [0.29, 0.717) is 11.6 Å². The molecule has 1 heterocycles. The quantitative estimate of drug-likeness (QED) is 0.702. The average molecular weight is 281 g/mol. The van der Waals surface area contributed by atoms with Crippen molar-refractivity contribution in [3.63, 3.8) is 0 Å². The van der Waals surface area contributed by atoms with Crippen LogP contribution >= 0.6 is 0 Å². The monoisotopic (exact) mass is 281 g/mol. The fourth-order valence-corrected chi connectivity index (χ4v) is 1.61. The molecule has 0 N–H and O–H groups in total. The van der Waals surface area contributed by atoms with Crippen LogP contribution in [-0.2, 0) is 25.5 Å². The predicted octanol–water partition coefficient (Wildman–Crippen LogP) is 0.500. The second kappa shape index (κ2) is 7.42. The van der Waals surface area contributed by atoms with Gasteiger partial charge in [0.05, 0.1) is 14.2 Å². The Morgan fingerprint density at radius 1 is 1.15 bits per heavy atom. The first-order chi connectivity index (χ1) is 9.49. The Bertz CT molecular complexity index is 473. The van der Waals surface area contributed by atoms with Gasteiger partial charge in [-0.25, -0.2) is 9.97 Å². The van der Waals surface area contributed by atoms with E-state index >= 15 is 0 Å². The third-order valence-corrected chi connectivity index (χ3v) is 2.66. The van der Waals surface area contributed by atoms with E-state index in [4.69, 9.17) is 0 Å². The zero-order chi connectivity index (χ0) is 15.1. The number of rotatable bonds is 6. The van der Waals surface area contributed by atoms with Crippen molar-refractivity contribution in [2.75, 3.05) is 32.2 Å². The van der Waals surface area contributed by atoms with E-state index in [1.165, 1.54) is 19.1 Å². The molecule has 20 heavy (non-hydrogen) atoms. The number of aryl methyl sites for hydroxylation is 2. The number of nitrogens with zero attached hydrogens (tertiary/aromatic N) is 3. The van der Waals surface area contributed by atoms with E-state index in [1.807, 2.05) is 6.92 Å². The number of hydrogen-bond acceptors (Lipinski definition) is 7. The summed E-state index contributed by atoms with van der Waals surface area (Å²) < 4.78 is 9.26. The summed E-state index contributed by atoms with van der Waals surface area (Å²) in [5.41, 5.74) is 0.840. The highest BCUT2D eigenvalue weighted by molar-refractivity contribution is 5.80. The van der Waals surface area contributed by atoms with Crippen LogP contribution in [-0.4, -0.2) is 49.2 Å². The first kappa shape index (κ1) is 15.9. The molecule has 0 aliphatic rings. The van der Waals surface area contributed by atoms with Crippen LogP contribution in [0.25, 0.3) is 0 Å². The van der Waals surface area contributed by atoms with Crippen molar-refractivity contribution in [1.82, 2.24) is 9.97 Å². The van der Waals surface area contributed by atoms with E-state index in [9.17, 15) is 9.59 Å². The van der Waals surface area contributed by atoms with Gasteiger partial charge in [-0.3, -0.25) is 9.59 Å². The van der Waals surface area contributed by atoms with Gasteiger partial charge in [-0.15, -0.1) is 0 Å². The van der Waals surface area contributed by atoms with Crippen LogP contribution in [0, 0.1) is 6.92 Å². The zero-order valence-electron chi connectivity index (χ0n) is 12.2. The molecule has 7 heteroatoms. The lowest BCUT2D eigenvalue weighted by atomic mass is 10.3. The van der Waals surface area contributed by atoms with Gasteiger partial charge in [0.25, 0.3) is 0 Å². The highest BCUT2D eigenvalue weighted by atomic mass is 16.5. The van der Waals surface area contributed by atoms with Gasteiger partial charge in [-0.2, -0.15) is 0 Å². The number of hydrogen-bond donors (Lipinski definition) is 0. The smallest absolute Gasteiger partial charge is 0.325 e. The summed E-state index contributed by atoms with van der Waals surface area (Å²) in [5, 5.41) is 0. The predicted molar refractivity (Wildman–Crippen MR) is 72.4 cm³/mol. The summed E-state index contributed by atoms with van der Waals surface area (Å²) in [6.45, 7) is 3.57. The number of aromatic nitrogens is 2. The highest BCUT2D eigenvalue weighted by Gasteiger charge is 2.18. The normalized spacial score (nSPS) is 10.0. The number of ether oxygens (including phenoxy) is 2. The van der Waals surface area contributed by atoms with Gasteiger partial charge in [-0.05, 0) is 13.3 Å². The van der Waals surface area contributed by atoms with Crippen LogP contribution in [0.4, 0.5) is 5.82 Å². The summed E-state index contributed by atoms with van der Waals surface area (Å²) in [5.74, 6) is 0.177. The molecule has 0 aliphatic heterocycles.